The van der Waals surface area contributed by atoms with Crippen molar-refractivity contribution < 1.29 is 19.1 Å². The molecule has 0 aliphatic heterocycles. The number of phenolic OH excluding ortho intramolecular Hbond substituents is 1. The number of phenols is 1. The Balaban J connectivity index is 1.96. The summed E-state index contributed by atoms with van der Waals surface area (Å²) in [6.07, 6.45) is 2.19. The lowest BCUT2D eigenvalue weighted by atomic mass is 10.1. The number of furan rings is 1. The van der Waals surface area contributed by atoms with Gasteiger partial charge in [-0.15, -0.1) is 0 Å². The van der Waals surface area contributed by atoms with Gasteiger partial charge in [-0.2, -0.15) is 0 Å². The maximum absolute atomic E-state index is 11.9. The molecule has 0 unspecified atom stereocenters. The van der Waals surface area contributed by atoms with Crippen molar-refractivity contribution in [2.24, 2.45) is 0 Å². The molecule has 0 bridgehead atoms. The Morgan fingerprint density at radius 3 is 2.89 bits per heavy atom. The number of carbonyl (C=O) groups is 1. The average Bonchev–Trinajstić information content (AvgIpc) is 2.92. The maximum atomic E-state index is 11.9. The van der Waals surface area contributed by atoms with Crippen LogP contribution in [0, 0.1) is 0 Å². The fourth-order valence-corrected chi connectivity index (χ4v) is 1.72. The third-order valence-electron chi connectivity index (χ3n) is 2.70. The van der Waals surface area contributed by atoms with Gasteiger partial charge in [0.15, 0.2) is 11.5 Å². The van der Waals surface area contributed by atoms with Gasteiger partial charge in [0.05, 0.1) is 18.9 Å². The minimum Gasteiger partial charge on any atom is -0.504 e. The second-order valence-corrected chi connectivity index (χ2v) is 3.94. The normalized spacial score (nSPS) is 10.2. The molecule has 1 aromatic heterocycles. The standard InChI is InChI=1S/C14H15NO4/c1-18-12-6-2-5-11(13(12)16)14(17)15-8-7-10-4-3-9-19-10/h2-6,9,16H,7-8H2,1H3,(H,15,17). The first kappa shape index (κ1) is 13.0. The van der Waals surface area contributed by atoms with E-state index in [1.54, 1.807) is 30.5 Å². The summed E-state index contributed by atoms with van der Waals surface area (Å²) in [5.74, 6) is 0.581. The van der Waals surface area contributed by atoms with Crippen LogP contribution in [0.3, 0.4) is 0 Å². The highest BCUT2D eigenvalue weighted by molar-refractivity contribution is 5.97. The first-order chi connectivity index (χ1) is 9.22. The second kappa shape index (κ2) is 5.95. The molecule has 1 aromatic carbocycles. The smallest absolute Gasteiger partial charge is 0.255 e. The highest BCUT2D eigenvalue weighted by Gasteiger charge is 2.14. The van der Waals surface area contributed by atoms with Crippen LogP contribution >= 0.6 is 0 Å². The Hall–Kier alpha value is -2.43. The lowest BCUT2D eigenvalue weighted by Gasteiger charge is -2.08. The zero-order chi connectivity index (χ0) is 13.7. The van der Waals surface area contributed by atoms with Crippen LogP contribution in [0.5, 0.6) is 11.5 Å². The van der Waals surface area contributed by atoms with Crippen molar-refractivity contribution in [3.63, 3.8) is 0 Å². The molecule has 1 heterocycles. The quantitative estimate of drug-likeness (QED) is 0.863. The zero-order valence-electron chi connectivity index (χ0n) is 10.6. The van der Waals surface area contributed by atoms with Crippen LogP contribution in [-0.4, -0.2) is 24.7 Å². The van der Waals surface area contributed by atoms with E-state index in [1.165, 1.54) is 7.11 Å². The van der Waals surface area contributed by atoms with Crippen LogP contribution < -0.4 is 10.1 Å². The van der Waals surface area contributed by atoms with Gasteiger partial charge in [-0.1, -0.05) is 6.07 Å². The van der Waals surface area contributed by atoms with Gasteiger partial charge in [0.1, 0.15) is 5.76 Å². The van der Waals surface area contributed by atoms with Crippen molar-refractivity contribution in [3.05, 3.63) is 47.9 Å². The van der Waals surface area contributed by atoms with Crippen molar-refractivity contribution in [1.82, 2.24) is 5.32 Å². The topological polar surface area (TPSA) is 71.7 Å². The predicted molar refractivity (Wildman–Crippen MR) is 69.4 cm³/mol. The number of nitrogens with one attached hydrogen (secondary N) is 1. The molecule has 2 aromatic rings. The number of rotatable bonds is 5. The molecule has 0 saturated carbocycles. The molecule has 2 rings (SSSR count). The average molecular weight is 261 g/mol. The highest BCUT2D eigenvalue weighted by atomic mass is 16.5. The SMILES string of the molecule is COc1cccc(C(=O)NCCc2ccco2)c1O. The number of ether oxygens (including phenoxy) is 1. The number of amides is 1. The van der Waals surface area contributed by atoms with E-state index < -0.39 is 0 Å². The first-order valence-corrected chi connectivity index (χ1v) is 5.89. The van der Waals surface area contributed by atoms with Crippen LogP contribution in [0.15, 0.2) is 41.0 Å². The zero-order valence-corrected chi connectivity index (χ0v) is 10.6. The van der Waals surface area contributed by atoms with Gasteiger partial charge in [0.2, 0.25) is 0 Å². The van der Waals surface area contributed by atoms with E-state index in [0.29, 0.717) is 13.0 Å². The van der Waals surface area contributed by atoms with Crippen molar-refractivity contribution in [2.75, 3.05) is 13.7 Å². The van der Waals surface area contributed by atoms with E-state index in [-0.39, 0.29) is 23.0 Å². The third kappa shape index (κ3) is 3.07. The number of para-hydroxylation sites is 1. The summed E-state index contributed by atoms with van der Waals surface area (Å²) in [7, 11) is 1.44. The number of carbonyl (C=O) groups excluding carboxylic acids is 1. The Labute approximate surface area is 110 Å². The summed E-state index contributed by atoms with van der Waals surface area (Å²) in [4.78, 5) is 11.9. The molecule has 5 nitrogen and oxygen atoms in total. The minimum atomic E-state index is -0.344. The van der Waals surface area contributed by atoms with E-state index in [4.69, 9.17) is 9.15 Å². The minimum absolute atomic E-state index is 0.152. The predicted octanol–water partition coefficient (Wildman–Crippen LogP) is 1.97. The van der Waals surface area contributed by atoms with Gasteiger partial charge in [-0.05, 0) is 24.3 Å². The summed E-state index contributed by atoms with van der Waals surface area (Å²) in [5.41, 5.74) is 0.193. The van der Waals surface area contributed by atoms with Crippen LogP contribution in [0.25, 0.3) is 0 Å². The lowest BCUT2D eigenvalue weighted by molar-refractivity contribution is 0.0950. The summed E-state index contributed by atoms with van der Waals surface area (Å²) < 4.78 is 10.1. The monoisotopic (exact) mass is 261 g/mol. The molecule has 19 heavy (non-hydrogen) atoms. The van der Waals surface area contributed by atoms with Crippen LogP contribution in [0.1, 0.15) is 16.1 Å². The van der Waals surface area contributed by atoms with Gasteiger partial charge in [0, 0.05) is 13.0 Å². The highest BCUT2D eigenvalue weighted by Crippen LogP contribution is 2.29. The van der Waals surface area contributed by atoms with E-state index in [9.17, 15) is 9.90 Å². The van der Waals surface area contributed by atoms with E-state index >= 15 is 0 Å². The number of aromatic hydroxyl groups is 1. The molecule has 100 valence electrons. The largest absolute Gasteiger partial charge is 0.504 e. The summed E-state index contributed by atoms with van der Waals surface area (Å²) in [5, 5.41) is 12.6. The van der Waals surface area contributed by atoms with E-state index in [1.807, 2.05) is 6.07 Å². The van der Waals surface area contributed by atoms with Crippen LogP contribution in [0.4, 0.5) is 0 Å². The lowest BCUT2D eigenvalue weighted by Crippen LogP contribution is -2.25. The number of methoxy groups -OCH3 is 1. The molecular formula is C14H15NO4. The Morgan fingerprint density at radius 2 is 2.21 bits per heavy atom. The molecule has 0 radical (unpaired) electrons. The first-order valence-electron chi connectivity index (χ1n) is 5.89. The molecule has 0 atom stereocenters. The van der Waals surface area contributed by atoms with Crippen molar-refractivity contribution in [2.45, 2.75) is 6.42 Å². The Bertz CT molecular complexity index is 549. The molecular weight excluding hydrogens is 246 g/mol. The van der Waals surface area contributed by atoms with Gasteiger partial charge < -0.3 is 19.6 Å². The fraction of sp³-hybridized carbons (Fsp3) is 0.214. The second-order valence-electron chi connectivity index (χ2n) is 3.94. The summed E-state index contributed by atoms with van der Waals surface area (Å²) in [6, 6.07) is 8.43. The van der Waals surface area contributed by atoms with Gasteiger partial charge in [0.25, 0.3) is 5.91 Å². The van der Waals surface area contributed by atoms with E-state index in [2.05, 4.69) is 5.32 Å². The van der Waals surface area contributed by atoms with Crippen LogP contribution in [-0.2, 0) is 6.42 Å². The molecule has 0 aliphatic carbocycles. The third-order valence-corrected chi connectivity index (χ3v) is 2.70. The Morgan fingerprint density at radius 1 is 1.37 bits per heavy atom. The maximum Gasteiger partial charge on any atom is 0.255 e. The van der Waals surface area contributed by atoms with Crippen molar-refractivity contribution in [3.8, 4) is 11.5 Å². The van der Waals surface area contributed by atoms with Crippen molar-refractivity contribution >= 4 is 5.91 Å². The van der Waals surface area contributed by atoms with Gasteiger partial charge >= 0.3 is 0 Å². The number of hydrogen-bond donors (Lipinski definition) is 2. The molecule has 0 fully saturated rings. The van der Waals surface area contributed by atoms with Gasteiger partial charge in [-0.3, -0.25) is 4.79 Å². The molecule has 2 N–H and O–H groups in total. The van der Waals surface area contributed by atoms with Crippen LogP contribution in [0.2, 0.25) is 0 Å². The number of hydrogen-bond acceptors (Lipinski definition) is 4. The fourth-order valence-electron chi connectivity index (χ4n) is 1.72. The number of benzene rings is 1. The molecule has 0 spiro atoms. The van der Waals surface area contributed by atoms with Crippen molar-refractivity contribution in [1.29, 1.82) is 0 Å². The van der Waals surface area contributed by atoms with E-state index in [0.717, 1.165) is 5.76 Å². The summed E-state index contributed by atoms with van der Waals surface area (Å²) in [6.45, 7) is 0.434. The molecule has 5 heteroatoms. The molecule has 0 aliphatic rings. The molecule has 1 amide bonds. The van der Waals surface area contributed by atoms with Gasteiger partial charge in [-0.25, -0.2) is 0 Å². The Kier molecular flexibility index (Phi) is 4.07. The molecule has 0 saturated heterocycles. The summed E-state index contributed by atoms with van der Waals surface area (Å²) >= 11 is 0.